The van der Waals surface area contributed by atoms with Crippen LogP contribution in [0.5, 0.6) is 0 Å². The number of H-pyrrole nitrogens is 1. The number of nitrogens with two attached hydrogens (primary N) is 1. The lowest BCUT2D eigenvalue weighted by Crippen LogP contribution is -2.35. The summed E-state index contributed by atoms with van der Waals surface area (Å²) in [6, 6.07) is 8.27. The molecule has 0 bridgehead atoms. The Morgan fingerprint density at radius 3 is 2.57 bits per heavy atom. The van der Waals surface area contributed by atoms with Crippen LogP contribution in [0.25, 0.3) is 11.3 Å². The standard InChI is InChI=1S/C17H21N3O/c1-17(2,18)14-10-15(19-20-16(14)21)13-8-7-11-5-3-4-6-12(11)9-13/h7-10H,3-6,18H2,1-2H3,(H,20,21). The summed E-state index contributed by atoms with van der Waals surface area (Å²) < 4.78 is 0. The van der Waals surface area contributed by atoms with E-state index in [1.807, 2.05) is 19.9 Å². The first-order chi connectivity index (χ1) is 9.95. The molecular weight excluding hydrogens is 262 g/mol. The van der Waals surface area contributed by atoms with Crippen LogP contribution in [-0.2, 0) is 18.4 Å². The first-order valence-electron chi connectivity index (χ1n) is 7.46. The molecule has 2 aromatic rings. The Bertz CT molecular complexity index is 726. The number of nitrogens with zero attached hydrogens (tertiary/aromatic N) is 1. The largest absolute Gasteiger partial charge is 0.322 e. The summed E-state index contributed by atoms with van der Waals surface area (Å²) in [6.45, 7) is 3.66. The lowest BCUT2D eigenvalue weighted by molar-refractivity contribution is 0.544. The third-order valence-corrected chi connectivity index (χ3v) is 4.14. The van der Waals surface area contributed by atoms with Crippen molar-refractivity contribution in [2.45, 2.75) is 45.1 Å². The average molecular weight is 283 g/mol. The number of nitrogens with one attached hydrogen (secondary N) is 1. The number of hydrogen-bond donors (Lipinski definition) is 2. The Balaban J connectivity index is 2.07. The van der Waals surface area contributed by atoms with Gasteiger partial charge in [-0.2, -0.15) is 5.10 Å². The molecule has 4 heteroatoms. The predicted molar refractivity (Wildman–Crippen MR) is 84.1 cm³/mol. The molecule has 3 rings (SSSR count). The molecule has 1 aliphatic carbocycles. The van der Waals surface area contributed by atoms with Gasteiger partial charge in [0, 0.05) is 16.7 Å². The SMILES string of the molecule is CC(C)(N)c1cc(-c2ccc3c(c2)CCCC3)n[nH]c1=O. The van der Waals surface area contributed by atoms with Crippen LogP contribution in [0.15, 0.2) is 29.1 Å². The number of fused-ring (bicyclic) bond motifs is 1. The van der Waals surface area contributed by atoms with Crippen LogP contribution in [0.3, 0.4) is 0 Å². The number of aryl methyl sites for hydroxylation is 2. The minimum absolute atomic E-state index is 0.218. The molecule has 0 aliphatic heterocycles. The zero-order valence-corrected chi connectivity index (χ0v) is 12.6. The van der Waals surface area contributed by atoms with Crippen LogP contribution in [0.2, 0.25) is 0 Å². The second kappa shape index (κ2) is 5.11. The molecule has 0 radical (unpaired) electrons. The minimum atomic E-state index is -0.681. The quantitative estimate of drug-likeness (QED) is 0.889. The number of aromatic nitrogens is 2. The van der Waals surface area contributed by atoms with Crippen molar-refractivity contribution in [2.24, 2.45) is 5.73 Å². The van der Waals surface area contributed by atoms with Gasteiger partial charge in [-0.3, -0.25) is 4.79 Å². The Morgan fingerprint density at radius 1 is 1.14 bits per heavy atom. The van der Waals surface area contributed by atoms with Gasteiger partial charge in [0.2, 0.25) is 0 Å². The normalized spacial score (nSPS) is 14.8. The lowest BCUT2D eigenvalue weighted by atomic mass is 9.89. The van der Waals surface area contributed by atoms with Crippen molar-refractivity contribution in [3.05, 3.63) is 51.3 Å². The van der Waals surface area contributed by atoms with Gasteiger partial charge in [0.25, 0.3) is 5.56 Å². The van der Waals surface area contributed by atoms with E-state index in [4.69, 9.17) is 5.73 Å². The van der Waals surface area contributed by atoms with E-state index in [1.165, 1.54) is 24.0 Å². The topological polar surface area (TPSA) is 71.8 Å². The van der Waals surface area contributed by atoms with Gasteiger partial charge in [-0.05, 0) is 62.8 Å². The van der Waals surface area contributed by atoms with E-state index in [1.54, 1.807) is 0 Å². The smallest absolute Gasteiger partial charge is 0.269 e. The van der Waals surface area contributed by atoms with Crippen molar-refractivity contribution in [2.75, 3.05) is 0 Å². The first kappa shape index (κ1) is 14.0. The number of benzene rings is 1. The monoisotopic (exact) mass is 283 g/mol. The lowest BCUT2D eigenvalue weighted by Gasteiger charge is -2.19. The van der Waals surface area contributed by atoms with E-state index in [2.05, 4.69) is 28.4 Å². The highest BCUT2D eigenvalue weighted by molar-refractivity contribution is 5.61. The molecule has 110 valence electrons. The maximum atomic E-state index is 11.9. The molecule has 3 N–H and O–H groups in total. The van der Waals surface area contributed by atoms with Gasteiger partial charge in [0.1, 0.15) is 0 Å². The molecule has 4 nitrogen and oxygen atoms in total. The van der Waals surface area contributed by atoms with Crippen LogP contribution in [0.4, 0.5) is 0 Å². The van der Waals surface area contributed by atoms with Gasteiger partial charge in [-0.15, -0.1) is 0 Å². The number of aromatic amines is 1. The van der Waals surface area contributed by atoms with Crippen LogP contribution < -0.4 is 11.3 Å². The Labute approximate surface area is 124 Å². The van der Waals surface area contributed by atoms with E-state index >= 15 is 0 Å². The summed E-state index contributed by atoms with van der Waals surface area (Å²) in [7, 11) is 0. The van der Waals surface area contributed by atoms with Crippen molar-refractivity contribution in [1.29, 1.82) is 0 Å². The molecule has 1 aromatic heterocycles. The third kappa shape index (κ3) is 2.76. The summed E-state index contributed by atoms with van der Waals surface area (Å²) in [4.78, 5) is 11.9. The molecule has 1 aromatic carbocycles. The molecule has 0 unspecified atom stereocenters. The van der Waals surface area contributed by atoms with Crippen molar-refractivity contribution < 1.29 is 0 Å². The van der Waals surface area contributed by atoms with E-state index in [0.29, 0.717) is 5.56 Å². The Hall–Kier alpha value is -1.94. The maximum absolute atomic E-state index is 11.9. The van der Waals surface area contributed by atoms with Gasteiger partial charge < -0.3 is 5.73 Å². The fourth-order valence-electron chi connectivity index (χ4n) is 2.93. The van der Waals surface area contributed by atoms with Gasteiger partial charge in [0.05, 0.1) is 5.69 Å². The summed E-state index contributed by atoms with van der Waals surface area (Å²) in [5, 5.41) is 6.75. The van der Waals surface area contributed by atoms with Gasteiger partial charge in [0.15, 0.2) is 0 Å². The summed E-state index contributed by atoms with van der Waals surface area (Å²) >= 11 is 0. The van der Waals surface area contributed by atoms with Crippen molar-refractivity contribution in [3.8, 4) is 11.3 Å². The molecule has 21 heavy (non-hydrogen) atoms. The van der Waals surface area contributed by atoms with Crippen LogP contribution in [0.1, 0.15) is 43.4 Å². The molecule has 0 fully saturated rings. The minimum Gasteiger partial charge on any atom is -0.322 e. The van der Waals surface area contributed by atoms with Gasteiger partial charge in [-0.25, -0.2) is 5.10 Å². The van der Waals surface area contributed by atoms with Gasteiger partial charge in [-0.1, -0.05) is 12.1 Å². The fourth-order valence-corrected chi connectivity index (χ4v) is 2.93. The van der Waals surface area contributed by atoms with Crippen LogP contribution in [-0.4, -0.2) is 10.2 Å². The van der Waals surface area contributed by atoms with Crippen LogP contribution >= 0.6 is 0 Å². The molecular formula is C17H21N3O. The fraction of sp³-hybridized carbons (Fsp3) is 0.412. The van der Waals surface area contributed by atoms with Crippen molar-refractivity contribution in [1.82, 2.24) is 10.2 Å². The highest BCUT2D eigenvalue weighted by Gasteiger charge is 2.20. The second-order valence-electron chi connectivity index (χ2n) is 6.41. The van der Waals surface area contributed by atoms with Crippen molar-refractivity contribution >= 4 is 0 Å². The number of rotatable bonds is 2. The van der Waals surface area contributed by atoms with E-state index < -0.39 is 5.54 Å². The highest BCUT2D eigenvalue weighted by atomic mass is 16.1. The van der Waals surface area contributed by atoms with E-state index in [-0.39, 0.29) is 5.56 Å². The Morgan fingerprint density at radius 2 is 1.86 bits per heavy atom. The van der Waals surface area contributed by atoms with Gasteiger partial charge >= 0.3 is 0 Å². The molecule has 0 saturated carbocycles. The zero-order valence-electron chi connectivity index (χ0n) is 12.6. The summed E-state index contributed by atoms with van der Waals surface area (Å²) in [6.07, 6.45) is 4.81. The molecule has 0 spiro atoms. The zero-order chi connectivity index (χ0) is 15.0. The van der Waals surface area contributed by atoms with Crippen LogP contribution in [0, 0.1) is 0 Å². The third-order valence-electron chi connectivity index (χ3n) is 4.14. The number of hydrogen-bond acceptors (Lipinski definition) is 3. The predicted octanol–water partition coefficient (Wildman–Crippen LogP) is 2.51. The first-order valence-corrected chi connectivity index (χ1v) is 7.46. The maximum Gasteiger partial charge on any atom is 0.269 e. The average Bonchev–Trinajstić information content (AvgIpc) is 2.46. The molecule has 1 heterocycles. The molecule has 0 amide bonds. The molecule has 0 atom stereocenters. The van der Waals surface area contributed by atoms with E-state index in [0.717, 1.165) is 24.1 Å². The second-order valence-corrected chi connectivity index (χ2v) is 6.41. The molecule has 1 aliphatic rings. The highest BCUT2D eigenvalue weighted by Crippen LogP contribution is 2.27. The summed E-state index contributed by atoms with van der Waals surface area (Å²) in [5.41, 5.74) is 10.4. The van der Waals surface area contributed by atoms with E-state index in [9.17, 15) is 4.79 Å². The summed E-state index contributed by atoms with van der Waals surface area (Å²) in [5.74, 6) is 0. The Kier molecular flexibility index (Phi) is 3.41. The van der Waals surface area contributed by atoms with Crippen molar-refractivity contribution in [3.63, 3.8) is 0 Å². The molecule has 0 saturated heterocycles.